The van der Waals surface area contributed by atoms with E-state index in [-0.39, 0.29) is 0 Å². The zero-order valence-corrected chi connectivity index (χ0v) is 13.6. The van der Waals surface area contributed by atoms with E-state index in [9.17, 15) is 0 Å². The van der Waals surface area contributed by atoms with Crippen molar-refractivity contribution in [3.63, 3.8) is 0 Å². The number of aryl methyl sites for hydroxylation is 1. The van der Waals surface area contributed by atoms with Gasteiger partial charge < -0.3 is 10.1 Å². The topological polar surface area (TPSA) is 21.3 Å². The number of ether oxygens (including phenoxy) is 1. The Labute approximate surface area is 124 Å². The van der Waals surface area contributed by atoms with E-state index in [0.717, 1.165) is 31.2 Å². The van der Waals surface area contributed by atoms with Crippen molar-refractivity contribution in [1.82, 2.24) is 5.32 Å². The Balaban J connectivity index is 2.27. The van der Waals surface area contributed by atoms with Crippen LogP contribution in [0, 0.1) is 12.8 Å². The Hall–Kier alpha value is -1.02. The lowest BCUT2D eigenvalue weighted by Gasteiger charge is -2.18. The standard InChI is InChI=1S/C18H31NO/c1-5-19-17(10-6-8-15(2)3)12-13-20-18-11-7-9-16(4)14-18/h7,9,11,14-15,17,19H,5-6,8,10,12-13H2,1-4H3. The van der Waals surface area contributed by atoms with E-state index >= 15 is 0 Å². The van der Waals surface area contributed by atoms with Crippen LogP contribution in [-0.2, 0) is 0 Å². The molecule has 1 unspecified atom stereocenters. The molecule has 114 valence electrons. The Kier molecular flexibility index (Phi) is 8.36. The molecule has 0 radical (unpaired) electrons. The van der Waals surface area contributed by atoms with Crippen LogP contribution < -0.4 is 10.1 Å². The molecular weight excluding hydrogens is 246 g/mol. The maximum absolute atomic E-state index is 5.85. The smallest absolute Gasteiger partial charge is 0.119 e. The summed E-state index contributed by atoms with van der Waals surface area (Å²) in [5.41, 5.74) is 1.25. The summed E-state index contributed by atoms with van der Waals surface area (Å²) in [5, 5.41) is 3.57. The minimum atomic E-state index is 0.587. The van der Waals surface area contributed by atoms with Crippen LogP contribution in [0.25, 0.3) is 0 Å². The van der Waals surface area contributed by atoms with Gasteiger partial charge in [-0.1, -0.05) is 45.7 Å². The second kappa shape index (κ2) is 9.82. The number of hydrogen-bond acceptors (Lipinski definition) is 2. The molecule has 2 nitrogen and oxygen atoms in total. The van der Waals surface area contributed by atoms with Crippen molar-refractivity contribution in [2.45, 2.75) is 59.4 Å². The van der Waals surface area contributed by atoms with Crippen molar-refractivity contribution in [2.75, 3.05) is 13.2 Å². The Morgan fingerprint density at radius 2 is 1.95 bits per heavy atom. The monoisotopic (exact) mass is 277 g/mol. The van der Waals surface area contributed by atoms with Crippen molar-refractivity contribution in [2.24, 2.45) is 5.92 Å². The molecule has 0 amide bonds. The highest BCUT2D eigenvalue weighted by Crippen LogP contribution is 2.14. The van der Waals surface area contributed by atoms with Crippen molar-refractivity contribution >= 4 is 0 Å². The van der Waals surface area contributed by atoms with E-state index in [1.807, 2.05) is 6.07 Å². The van der Waals surface area contributed by atoms with Gasteiger partial charge in [0.05, 0.1) is 6.61 Å². The molecule has 0 aliphatic rings. The second-order valence-electron chi connectivity index (χ2n) is 6.03. The SMILES string of the molecule is CCNC(CCCC(C)C)CCOc1cccc(C)c1. The van der Waals surface area contributed by atoms with Gasteiger partial charge in [-0.15, -0.1) is 0 Å². The highest BCUT2D eigenvalue weighted by atomic mass is 16.5. The van der Waals surface area contributed by atoms with Gasteiger partial charge >= 0.3 is 0 Å². The van der Waals surface area contributed by atoms with Crippen molar-refractivity contribution in [3.8, 4) is 5.75 Å². The quantitative estimate of drug-likeness (QED) is 0.676. The summed E-state index contributed by atoms with van der Waals surface area (Å²) >= 11 is 0. The van der Waals surface area contributed by atoms with E-state index in [0.29, 0.717) is 6.04 Å². The first-order chi connectivity index (χ1) is 9.61. The fraction of sp³-hybridized carbons (Fsp3) is 0.667. The molecule has 0 heterocycles. The van der Waals surface area contributed by atoms with E-state index in [1.54, 1.807) is 0 Å². The fourth-order valence-corrected chi connectivity index (χ4v) is 2.43. The molecule has 20 heavy (non-hydrogen) atoms. The van der Waals surface area contributed by atoms with Crippen LogP contribution in [0.3, 0.4) is 0 Å². The molecule has 0 spiro atoms. The third-order valence-corrected chi connectivity index (χ3v) is 3.55. The molecule has 1 aromatic rings. The Bertz CT molecular complexity index is 362. The molecule has 0 fully saturated rings. The van der Waals surface area contributed by atoms with Crippen LogP contribution >= 0.6 is 0 Å². The molecule has 1 rings (SSSR count). The Morgan fingerprint density at radius 3 is 2.60 bits per heavy atom. The molecule has 1 aromatic carbocycles. The lowest BCUT2D eigenvalue weighted by molar-refractivity contribution is 0.278. The molecular formula is C18H31NO. The molecule has 0 bridgehead atoms. The van der Waals surface area contributed by atoms with Crippen molar-refractivity contribution in [1.29, 1.82) is 0 Å². The predicted octanol–water partition coefficient (Wildman–Crippen LogP) is 4.57. The van der Waals surface area contributed by atoms with E-state index in [2.05, 4.69) is 51.2 Å². The first kappa shape index (κ1) is 17.0. The normalized spacial score (nSPS) is 12.7. The zero-order chi connectivity index (χ0) is 14.8. The molecule has 1 N–H and O–H groups in total. The van der Waals surface area contributed by atoms with E-state index in [4.69, 9.17) is 4.74 Å². The predicted molar refractivity (Wildman–Crippen MR) is 87.4 cm³/mol. The van der Waals surface area contributed by atoms with Crippen molar-refractivity contribution < 1.29 is 4.74 Å². The van der Waals surface area contributed by atoms with Crippen LogP contribution in [0.2, 0.25) is 0 Å². The minimum Gasteiger partial charge on any atom is -0.494 e. The van der Waals surface area contributed by atoms with Crippen molar-refractivity contribution in [3.05, 3.63) is 29.8 Å². The van der Waals surface area contributed by atoms with Gasteiger partial charge in [-0.2, -0.15) is 0 Å². The molecule has 0 aromatic heterocycles. The second-order valence-corrected chi connectivity index (χ2v) is 6.03. The van der Waals surface area contributed by atoms with Gasteiger partial charge in [0, 0.05) is 6.04 Å². The van der Waals surface area contributed by atoms with E-state index in [1.165, 1.54) is 24.8 Å². The molecule has 2 heteroatoms. The highest BCUT2D eigenvalue weighted by Gasteiger charge is 2.08. The summed E-state index contributed by atoms with van der Waals surface area (Å²) < 4.78 is 5.85. The third kappa shape index (κ3) is 7.54. The maximum atomic E-state index is 5.85. The van der Waals surface area contributed by atoms with E-state index < -0.39 is 0 Å². The van der Waals surface area contributed by atoms with Gasteiger partial charge in [-0.05, 0) is 49.9 Å². The highest BCUT2D eigenvalue weighted by molar-refractivity contribution is 5.27. The summed E-state index contributed by atoms with van der Waals surface area (Å²) in [6.07, 6.45) is 4.96. The first-order valence-corrected chi connectivity index (χ1v) is 8.04. The molecule has 0 aliphatic carbocycles. The minimum absolute atomic E-state index is 0.587. The van der Waals surface area contributed by atoms with Crippen LogP contribution in [-0.4, -0.2) is 19.2 Å². The van der Waals surface area contributed by atoms with Crippen LogP contribution in [0.1, 0.15) is 52.0 Å². The average molecular weight is 277 g/mol. The lowest BCUT2D eigenvalue weighted by atomic mass is 10.0. The number of nitrogens with one attached hydrogen (secondary N) is 1. The summed E-state index contributed by atoms with van der Waals surface area (Å²) in [6.45, 7) is 10.7. The zero-order valence-electron chi connectivity index (χ0n) is 13.6. The maximum Gasteiger partial charge on any atom is 0.119 e. The van der Waals surface area contributed by atoms with Gasteiger partial charge in [-0.3, -0.25) is 0 Å². The lowest BCUT2D eigenvalue weighted by Crippen LogP contribution is -2.30. The van der Waals surface area contributed by atoms with Crippen LogP contribution in [0.15, 0.2) is 24.3 Å². The fourth-order valence-electron chi connectivity index (χ4n) is 2.43. The summed E-state index contributed by atoms with van der Waals surface area (Å²) in [6, 6.07) is 8.87. The third-order valence-electron chi connectivity index (χ3n) is 3.55. The molecule has 1 atom stereocenters. The number of benzene rings is 1. The van der Waals surface area contributed by atoms with Gasteiger partial charge in [0.15, 0.2) is 0 Å². The van der Waals surface area contributed by atoms with Crippen LogP contribution in [0.5, 0.6) is 5.75 Å². The summed E-state index contributed by atoms with van der Waals surface area (Å²) in [5.74, 6) is 1.79. The first-order valence-electron chi connectivity index (χ1n) is 8.04. The molecule has 0 saturated heterocycles. The summed E-state index contributed by atoms with van der Waals surface area (Å²) in [4.78, 5) is 0. The number of hydrogen-bond donors (Lipinski definition) is 1. The molecule has 0 saturated carbocycles. The van der Waals surface area contributed by atoms with Crippen LogP contribution in [0.4, 0.5) is 0 Å². The largest absolute Gasteiger partial charge is 0.494 e. The number of rotatable bonds is 10. The van der Waals surface area contributed by atoms with Gasteiger partial charge in [-0.25, -0.2) is 0 Å². The van der Waals surface area contributed by atoms with Gasteiger partial charge in [0.25, 0.3) is 0 Å². The average Bonchev–Trinajstić information content (AvgIpc) is 2.38. The Morgan fingerprint density at radius 1 is 1.15 bits per heavy atom. The summed E-state index contributed by atoms with van der Waals surface area (Å²) in [7, 11) is 0. The van der Waals surface area contributed by atoms with Gasteiger partial charge in [0.1, 0.15) is 5.75 Å². The molecule has 0 aliphatic heterocycles. The van der Waals surface area contributed by atoms with Gasteiger partial charge in [0.2, 0.25) is 0 Å².